The molecular formula is C12H23FN2. The van der Waals surface area contributed by atoms with Gasteiger partial charge in [0.1, 0.15) is 5.67 Å². The monoisotopic (exact) mass is 214 g/mol. The molecule has 3 heteroatoms. The van der Waals surface area contributed by atoms with E-state index >= 15 is 0 Å². The van der Waals surface area contributed by atoms with Crippen LogP contribution in [0.15, 0.2) is 0 Å². The average molecular weight is 214 g/mol. The van der Waals surface area contributed by atoms with Crippen LogP contribution in [-0.2, 0) is 0 Å². The normalized spacial score (nSPS) is 29.0. The van der Waals surface area contributed by atoms with E-state index in [1.54, 1.807) is 0 Å². The standard InChI is InChI=1S/C12H23FN2/c1-11-3-6-15(7-4-11)8-5-12(13)9-14(2)10-12/h11H,3-10H2,1-2H3. The second-order valence-electron chi connectivity index (χ2n) is 5.60. The molecule has 0 unspecified atom stereocenters. The summed E-state index contributed by atoms with van der Waals surface area (Å²) in [5, 5.41) is 0. The van der Waals surface area contributed by atoms with Crippen LogP contribution in [0.25, 0.3) is 0 Å². The average Bonchev–Trinajstić information content (AvgIpc) is 2.15. The Labute approximate surface area is 92.4 Å². The Morgan fingerprint density at radius 2 is 1.87 bits per heavy atom. The lowest BCUT2D eigenvalue weighted by atomic mass is 9.92. The van der Waals surface area contributed by atoms with Gasteiger partial charge in [0.15, 0.2) is 0 Å². The molecule has 0 bridgehead atoms. The molecule has 0 aliphatic carbocycles. The molecule has 0 N–H and O–H groups in total. The van der Waals surface area contributed by atoms with Crippen molar-refractivity contribution in [2.24, 2.45) is 5.92 Å². The summed E-state index contributed by atoms with van der Waals surface area (Å²) in [6, 6.07) is 0. The summed E-state index contributed by atoms with van der Waals surface area (Å²) >= 11 is 0. The van der Waals surface area contributed by atoms with E-state index in [1.807, 2.05) is 7.05 Å². The molecular weight excluding hydrogens is 191 g/mol. The van der Waals surface area contributed by atoms with Gasteiger partial charge in [-0.25, -0.2) is 4.39 Å². The number of nitrogens with zero attached hydrogens (tertiary/aromatic N) is 2. The van der Waals surface area contributed by atoms with Crippen molar-refractivity contribution < 1.29 is 4.39 Å². The SMILES string of the molecule is CC1CCN(CCC2(F)CN(C)C2)CC1. The van der Waals surface area contributed by atoms with E-state index in [2.05, 4.69) is 16.7 Å². The van der Waals surface area contributed by atoms with Crippen LogP contribution in [0.5, 0.6) is 0 Å². The van der Waals surface area contributed by atoms with Crippen molar-refractivity contribution >= 4 is 0 Å². The molecule has 2 heterocycles. The maximum Gasteiger partial charge on any atom is 0.137 e. The lowest BCUT2D eigenvalue weighted by Gasteiger charge is -2.43. The molecule has 0 amide bonds. The van der Waals surface area contributed by atoms with Gasteiger partial charge in [0, 0.05) is 19.6 Å². The molecule has 0 radical (unpaired) electrons. The Bertz CT molecular complexity index is 206. The minimum atomic E-state index is -0.877. The van der Waals surface area contributed by atoms with E-state index < -0.39 is 5.67 Å². The minimum absolute atomic E-state index is 0.636. The third-order valence-electron chi connectivity index (χ3n) is 3.86. The highest BCUT2D eigenvalue weighted by molar-refractivity contribution is 4.95. The van der Waals surface area contributed by atoms with Gasteiger partial charge < -0.3 is 4.90 Å². The molecule has 2 fully saturated rings. The van der Waals surface area contributed by atoms with Gasteiger partial charge in [-0.15, -0.1) is 0 Å². The fourth-order valence-corrected chi connectivity index (χ4v) is 2.72. The Balaban J connectivity index is 1.66. The van der Waals surface area contributed by atoms with Crippen molar-refractivity contribution in [3.8, 4) is 0 Å². The van der Waals surface area contributed by atoms with Crippen LogP contribution in [0.4, 0.5) is 4.39 Å². The minimum Gasteiger partial charge on any atom is -0.303 e. The second-order valence-corrected chi connectivity index (χ2v) is 5.60. The summed E-state index contributed by atoms with van der Waals surface area (Å²) in [6.45, 7) is 6.89. The highest BCUT2D eigenvalue weighted by atomic mass is 19.1. The Morgan fingerprint density at radius 1 is 1.27 bits per heavy atom. The Kier molecular flexibility index (Phi) is 3.31. The number of rotatable bonds is 3. The van der Waals surface area contributed by atoms with Gasteiger partial charge >= 0.3 is 0 Å². The molecule has 0 aromatic rings. The van der Waals surface area contributed by atoms with E-state index in [4.69, 9.17) is 0 Å². The molecule has 0 saturated carbocycles. The first-order valence-electron chi connectivity index (χ1n) is 6.17. The molecule has 2 saturated heterocycles. The predicted molar refractivity (Wildman–Crippen MR) is 60.8 cm³/mol. The Morgan fingerprint density at radius 3 is 2.40 bits per heavy atom. The first kappa shape index (κ1) is 11.3. The predicted octanol–water partition coefficient (Wildman–Crippen LogP) is 1.76. The van der Waals surface area contributed by atoms with E-state index in [0.717, 1.165) is 18.9 Å². The van der Waals surface area contributed by atoms with Gasteiger partial charge in [-0.1, -0.05) is 6.92 Å². The van der Waals surface area contributed by atoms with Crippen molar-refractivity contribution in [2.75, 3.05) is 39.8 Å². The number of hydrogen-bond donors (Lipinski definition) is 0. The fourth-order valence-electron chi connectivity index (χ4n) is 2.72. The number of likely N-dealkylation sites (tertiary alicyclic amines) is 2. The molecule has 2 nitrogen and oxygen atoms in total. The summed E-state index contributed by atoms with van der Waals surface area (Å²) < 4.78 is 13.9. The zero-order valence-corrected chi connectivity index (χ0v) is 10.0. The van der Waals surface area contributed by atoms with Crippen molar-refractivity contribution in [1.82, 2.24) is 9.80 Å². The number of hydrogen-bond acceptors (Lipinski definition) is 2. The molecule has 2 aliphatic rings. The number of piperidine rings is 1. The second kappa shape index (κ2) is 4.38. The highest BCUT2D eigenvalue weighted by Crippen LogP contribution is 2.28. The van der Waals surface area contributed by atoms with Crippen LogP contribution in [0.2, 0.25) is 0 Å². The van der Waals surface area contributed by atoms with E-state index in [9.17, 15) is 4.39 Å². The van der Waals surface area contributed by atoms with Gasteiger partial charge in [-0.05, 0) is 45.3 Å². The zero-order chi connectivity index (χ0) is 10.9. The Hall–Kier alpha value is -0.150. The first-order chi connectivity index (χ1) is 7.07. The third kappa shape index (κ3) is 2.91. The van der Waals surface area contributed by atoms with Crippen LogP contribution in [0.1, 0.15) is 26.2 Å². The van der Waals surface area contributed by atoms with Crippen molar-refractivity contribution in [1.29, 1.82) is 0 Å². The molecule has 2 rings (SSSR count). The van der Waals surface area contributed by atoms with E-state index in [1.165, 1.54) is 25.9 Å². The van der Waals surface area contributed by atoms with Crippen LogP contribution >= 0.6 is 0 Å². The first-order valence-corrected chi connectivity index (χ1v) is 6.17. The van der Waals surface area contributed by atoms with Crippen molar-refractivity contribution in [3.63, 3.8) is 0 Å². The van der Waals surface area contributed by atoms with E-state index in [0.29, 0.717) is 13.1 Å². The third-order valence-corrected chi connectivity index (χ3v) is 3.86. The molecule has 0 aromatic heterocycles. The molecule has 0 atom stereocenters. The number of halogens is 1. The summed E-state index contributed by atoms with van der Waals surface area (Å²) in [6.07, 6.45) is 3.31. The smallest absolute Gasteiger partial charge is 0.137 e. The molecule has 0 spiro atoms. The number of alkyl halides is 1. The maximum atomic E-state index is 13.9. The molecule has 15 heavy (non-hydrogen) atoms. The quantitative estimate of drug-likeness (QED) is 0.706. The van der Waals surface area contributed by atoms with Gasteiger partial charge in [-0.3, -0.25) is 4.90 Å². The fraction of sp³-hybridized carbons (Fsp3) is 1.00. The van der Waals surface area contributed by atoms with Crippen LogP contribution in [0, 0.1) is 5.92 Å². The molecule has 0 aromatic carbocycles. The van der Waals surface area contributed by atoms with Gasteiger partial charge in [0.2, 0.25) is 0 Å². The van der Waals surface area contributed by atoms with Gasteiger partial charge in [0.05, 0.1) is 0 Å². The molecule has 2 aliphatic heterocycles. The summed E-state index contributed by atoms with van der Waals surface area (Å²) in [4.78, 5) is 4.48. The lowest BCUT2D eigenvalue weighted by Crippen LogP contribution is -2.58. The largest absolute Gasteiger partial charge is 0.303 e. The zero-order valence-electron chi connectivity index (χ0n) is 10.0. The van der Waals surface area contributed by atoms with Gasteiger partial charge in [-0.2, -0.15) is 0 Å². The van der Waals surface area contributed by atoms with Crippen molar-refractivity contribution in [3.05, 3.63) is 0 Å². The maximum absolute atomic E-state index is 13.9. The summed E-state index contributed by atoms with van der Waals surface area (Å²) in [7, 11) is 1.99. The van der Waals surface area contributed by atoms with Crippen LogP contribution in [-0.4, -0.2) is 55.2 Å². The topological polar surface area (TPSA) is 6.48 Å². The highest BCUT2D eigenvalue weighted by Gasteiger charge is 2.41. The summed E-state index contributed by atoms with van der Waals surface area (Å²) in [5.41, 5.74) is -0.877. The summed E-state index contributed by atoms with van der Waals surface area (Å²) in [5.74, 6) is 0.871. The molecule has 88 valence electrons. The van der Waals surface area contributed by atoms with Crippen LogP contribution in [0.3, 0.4) is 0 Å². The lowest BCUT2D eigenvalue weighted by molar-refractivity contribution is -0.0290. The van der Waals surface area contributed by atoms with Crippen molar-refractivity contribution in [2.45, 2.75) is 31.9 Å². The van der Waals surface area contributed by atoms with E-state index in [-0.39, 0.29) is 0 Å². The van der Waals surface area contributed by atoms with Gasteiger partial charge in [0.25, 0.3) is 0 Å². The van der Waals surface area contributed by atoms with Crippen LogP contribution < -0.4 is 0 Å².